The SMILES string of the molecule is Cc1cc(C)n(-c2ccc(Cl)c(C(=O)NC(C)Cc3ccc(Br)cc3)n2)n1. The second-order valence-corrected chi connectivity index (χ2v) is 7.87. The van der Waals surface area contributed by atoms with Crippen LogP contribution in [0, 0.1) is 13.8 Å². The molecule has 0 aliphatic rings. The maximum atomic E-state index is 12.7. The maximum Gasteiger partial charge on any atom is 0.271 e. The van der Waals surface area contributed by atoms with Crippen LogP contribution in [0.5, 0.6) is 0 Å². The molecule has 0 bridgehead atoms. The normalized spacial score (nSPS) is 12.0. The number of rotatable bonds is 5. The van der Waals surface area contributed by atoms with E-state index in [0.717, 1.165) is 21.4 Å². The van der Waals surface area contributed by atoms with Gasteiger partial charge in [-0.05, 0) is 63.1 Å². The van der Waals surface area contributed by atoms with Gasteiger partial charge in [0.15, 0.2) is 5.82 Å². The van der Waals surface area contributed by atoms with E-state index in [-0.39, 0.29) is 17.6 Å². The van der Waals surface area contributed by atoms with Crippen LogP contribution in [0.4, 0.5) is 0 Å². The molecule has 0 saturated carbocycles. The number of carbonyl (C=O) groups is 1. The van der Waals surface area contributed by atoms with Crippen LogP contribution in [0.2, 0.25) is 5.02 Å². The largest absolute Gasteiger partial charge is 0.348 e. The van der Waals surface area contributed by atoms with Gasteiger partial charge in [-0.25, -0.2) is 9.67 Å². The molecule has 0 spiro atoms. The van der Waals surface area contributed by atoms with Gasteiger partial charge in [0.2, 0.25) is 0 Å². The molecule has 1 amide bonds. The molecule has 5 nitrogen and oxygen atoms in total. The number of amides is 1. The molecule has 0 fully saturated rings. The Kier molecular flexibility index (Phi) is 5.97. The third kappa shape index (κ3) is 4.76. The van der Waals surface area contributed by atoms with Crippen molar-refractivity contribution in [2.24, 2.45) is 0 Å². The number of hydrogen-bond donors (Lipinski definition) is 1. The Morgan fingerprint density at radius 1 is 1.22 bits per heavy atom. The van der Waals surface area contributed by atoms with E-state index in [9.17, 15) is 4.79 Å². The standard InChI is InChI=1S/C20H20BrClN4O/c1-12(11-15-4-6-16(21)7-5-15)23-20(27)19-17(22)8-9-18(24-19)26-14(3)10-13(2)25-26/h4-10,12H,11H2,1-3H3,(H,23,27). The Labute approximate surface area is 171 Å². The molecule has 0 saturated heterocycles. The predicted octanol–water partition coefficient (Wildman–Crippen LogP) is 4.66. The minimum Gasteiger partial charge on any atom is -0.348 e. The van der Waals surface area contributed by atoms with Gasteiger partial charge in [0.1, 0.15) is 5.69 Å². The van der Waals surface area contributed by atoms with Gasteiger partial charge < -0.3 is 5.32 Å². The van der Waals surface area contributed by atoms with Gasteiger partial charge in [-0.15, -0.1) is 0 Å². The number of aryl methyl sites for hydroxylation is 2. The van der Waals surface area contributed by atoms with Gasteiger partial charge >= 0.3 is 0 Å². The third-order valence-electron chi connectivity index (χ3n) is 4.11. The molecule has 2 aromatic heterocycles. The van der Waals surface area contributed by atoms with Crippen LogP contribution < -0.4 is 5.32 Å². The lowest BCUT2D eigenvalue weighted by molar-refractivity contribution is 0.0935. The zero-order valence-corrected chi connectivity index (χ0v) is 17.7. The molecule has 0 radical (unpaired) electrons. The van der Waals surface area contributed by atoms with Gasteiger partial charge in [-0.2, -0.15) is 5.10 Å². The average Bonchev–Trinajstić information content (AvgIpc) is 2.95. The molecule has 3 rings (SSSR count). The van der Waals surface area contributed by atoms with Crippen molar-refractivity contribution in [2.75, 3.05) is 0 Å². The minimum absolute atomic E-state index is 0.0612. The zero-order valence-electron chi connectivity index (χ0n) is 15.3. The van der Waals surface area contributed by atoms with E-state index in [0.29, 0.717) is 17.3 Å². The van der Waals surface area contributed by atoms with Crippen molar-refractivity contribution in [2.45, 2.75) is 33.2 Å². The summed E-state index contributed by atoms with van der Waals surface area (Å²) in [6.45, 7) is 5.81. The fraction of sp³-hybridized carbons (Fsp3) is 0.250. The highest BCUT2D eigenvalue weighted by molar-refractivity contribution is 9.10. The molecular weight excluding hydrogens is 428 g/mol. The minimum atomic E-state index is -0.298. The predicted molar refractivity (Wildman–Crippen MR) is 111 cm³/mol. The summed E-state index contributed by atoms with van der Waals surface area (Å²) in [6.07, 6.45) is 0.716. The summed E-state index contributed by atoms with van der Waals surface area (Å²) >= 11 is 9.65. The van der Waals surface area contributed by atoms with E-state index in [1.165, 1.54) is 0 Å². The number of hydrogen-bond acceptors (Lipinski definition) is 3. The summed E-state index contributed by atoms with van der Waals surface area (Å²) in [5.74, 6) is 0.267. The Bertz CT molecular complexity index is 969. The van der Waals surface area contributed by atoms with Gasteiger partial charge in [0, 0.05) is 16.2 Å². The summed E-state index contributed by atoms with van der Waals surface area (Å²) in [5.41, 5.74) is 3.17. The highest BCUT2D eigenvalue weighted by atomic mass is 79.9. The second-order valence-electron chi connectivity index (χ2n) is 6.54. The van der Waals surface area contributed by atoms with Crippen LogP contribution in [0.3, 0.4) is 0 Å². The van der Waals surface area contributed by atoms with Crippen molar-refractivity contribution in [3.05, 3.63) is 74.6 Å². The van der Waals surface area contributed by atoms with Gasteiger partial charge in [0.05, 0.1) is 10.7 Å². The number of benzene rings is 1. The maximum absolute atomic E-state index is 12.7. The molecule has 7 heteroatoms. The number of aromatic nitrogens is 3. The molecular formula is C20H20BrClN4O. The van der Waals surface area contributed by atoms with Crippen molar-refractivity contribution in [1.82, 2.24) is 20.1 Å². The highest BCUT2D eigenvalue weighted by Crippen LogP contribution is 2.18. The van der Waals surface area contributed by atoms with Crippen LogP contribution in [0.25, 0.3) is 5.82 Å². The van der Waals surface area contributed by atoms with E-state index < -0.39 is 0 Å². The summed E-state index contributed by atoms with van der Waals surface area (Å²) in [5, 5.41) is 7.69. The van der Waals surface area contributed by atoms with E-state index in [4.69, 9.17) is 11.6 Å². The average molecular weight is 448 g/mol. The molecule has 3 aromatic rings. The molecule has 1 unspecified atom stereocenters. The topological polar surface area (TPSA) is 59.8 Å². The lowest BCUT2D eigenvalue weighted by atomic mass is 10.1. The molecule has 2 heterocycles. The summed E-state index contributed by atoms with van der Waals surface area (Å²) in [4.78, 5) is 17.1. The number of halogens is 2. The fourth-order valence-corrected chi connectivity index (χ4v) is 3.34. The molecule has 27 heavy (non-hydrogen) atoms. The lowest BCUT2D eigenvalue weighted by Gasteiger charge is -2.15. The van der Waals surface area contributed by atoms with Crippen molar-refractivity contribution in [3.63, 3.8) is 0 Å². The van der Waals surface area contributed by atoms with Crippen molar-refractivity contribution < 1.29 is 4.79 Å². The smallest absolute Gasteiger partial charge is 0.271 e. The second kappa shape index (κ2) is 8.23. The van der Waals surface area contributed by atoms with E-state index in [1.807, 2.05) is 51.1 Å². The highest BCUT2D eigenvalue weighted by Gasteiger charge is 2.17. The molecule has 140 valence electrons. The van der Waals surface area contributed by atoms with Crippen LogP contribution in [-0.2, 0) is 6.42 Å². The fourth-order valence-electron chi connectivity index (χ4n) is 2.89. The number of carbonyl (C=O) groups excluding carboxylic acids is 1. The first-order valence-corrected chi connectivity index (χ1v) is 9.76. The van der Waals surface area contributed by atoms with Crippen LogP contribution >= 0.6 is 27.5 Å². The van der Waals surface area contributed by atoms with E-state index in [1.54, 1.807) is 16.8 Å². The number of nitrogens with one attached hydrogen (secondary N) is 1. The van der Waals surface area contributed by atoms with Gasteiger partial charge in [0.25, 0.3) is 5.91 Å². The Balaban J connectivity index is 1.76. The first kappa shape index (κ1) is 19.6. The molecule has 0 aliphatic heterocycles. The monoisotopic (exact) mass is 446 g/mol. The molecule has 1 atom stereocenters. The van der Waals surface area contributed by atoms with Crippen molar-refractivity contribution in [3.8, 4) is 5.82 Å². The quantitative estimate of drug-likeness (QED) is 0.619. The van der Waals surface area contributed by atoms with E-state index >= 15 is 0 Å². The van der Waals surface area contributed by atoms with Crippen LogP contribution in [-0.4, -0.2) is 26.7 Å². The van der Waals surface area contributed by atoms with Crippen molar-refractivity contribution in [1.29, 1.82) is 0 Å². The van der Waals surface area contributed by atoms with Crippen molar-refractivity contribution >= 4 is 33.4 Å². The van der Waals surface area contributed by atoms with Crippen LogP contribution in [0.15, 0.2) is 46.9 Å². The third-order valence-corrected chi connectivity index (χ3v) is 4.94. The zero-order chi connectivity index (χ0) is 19.6. The Morgan fingerprint density at radius 2 is 1.93 bits per heavy atom. The van der Waals surface area contributed by atoms with Gasteiger partial charge in [-0.1, -0.05) is 39.7 Å². The number of pyridine rings is 1. The summed E-state index contributed by atoms with van der Waals surface area (Å²) in [7, 11) is 0. The number of nitrogens with zero attached hydrogens (tertiary/aromatic N) is 3. The molecule has 0 aliphatic carbocycles. The summed E-state index contributed by atoms with van der Waals surface area (Å²) in [6, 6.07) is 13.4. The lowest BCUT2D eigenvalue weighted by Crippen LogP contribution is -2.35. The first-order chi connectivity index (χ1) is 12.8. The first-order valence-electron chi connectivity index (χ1n) is 8.59. The molecule has 1 aromatic carbocycles. The van der Waals surface area contributed by atoms with Crippen LogP contribution in [0.1, 0.15) is 34.4 Å². The Hall–Kier alpha value is -2.18. The summed E-state index contributed by atoms with van der Waals surface area (Å²) < 4.78 is 2.73. The molecule has 1 N–H and O–H groups in total. The van der Waals surface area contributed by atoms with E-state index in [2.05, 4.69) is 31.3 Å². The van der Waals surface area contributed by atoms with Gasteiger partial charge in [-0.3, -0.25) is 4.79 Å². The Morgan fingerprint density at radius 3 is 2.56 bits per heavy atom.